The van der Waals surface area contributed by atoms with Crippen LogP contribution in [0.3, 0.4) is 0 Å². The summed E-state index contributed by atoms with van der Waals surface area (Å²) in [6.45, 7) is 3.13. The lowest BCUT2D eigenvalue weighted by atomic mass is 10.1. The van der Waals surface area contributed by atoms with E-state index in [2.05, 4.69) is 20.3 Å². The number of rotatable bonds is 3. The highest BCUT2D eigenvalue weighted by Crippen LogP contribution is 2.28. The second-order valence-corrected chi connectivity index (χ2v) is 6.00. The van der Waals surface area contributed by atoms with E-state index < -0.39 is 0 Å². The van der Waals surface area contributed by atoms with Gasteiger partial charge in [0, 0.05) is 30.3 Å². The number of nitrogens with one attached hydrogen (secondary N) is 1. The lowest BCUT2D eigenvalue weighted by Gasteiger charge is -2.13. The second kappa shape index (κ2) is 5.92. The summed E-state index contributed by atoms with van der Waals surface area (Å²) < 4.78 is 5.36. The summed E-state index contributed by atoms with van der Waals surface area (Å²) in [5.41, 5.74) is 2.22. The van der Waals surface area contributed by atoms with Gasteiger partial charge in [-0.2, -0.15) is 10.1 Å². The van der Waals surface area contributed by atoms with Crippen LogP contribution in [-0.2, 0) is 0 Å². The van der Waals surface area contributed by atoms with Crippen molar-refractivity contribution in [2.24, 2.45) is 0 Å². The summed E-state index contributed by atoms with van der Waals surface area (Å²) in [6, 6.07) is 11.4. The van der Waals surface area contributed by atoms with Crippen LogP contribution >= 0.6 is 0 Å². The molecule has 0 bridgehead atoms. The van der Waals surface area contributed by atoms with E-state index >= 15 is 0 Å². The Kier molecular flexibility index (Phi) is 3.60. The van der Waals surface area contributed by atoms with E-state index in [4.69, 9.17) is 4.52 Å². The number of amides is 1. The Bertz CT molecular complexity index is 855. The summed E-state index contributed by atoms with van der Waals surface area (Å²) >= 11 is 0. The maximum absolute atomic E-state index is 12.4. The molecule has 1 aliphatic rings. The van der Waals surface area contributed by atoms with Gasteiger partial charge in [-0.25, -0.2) is 0 Å². The number of nitrogens with zero attached hydrogens (tertiary/aromatic N) is 4. The van der Waals surface area contributed by atoms with Crippen molar-refractivity contribution in [2.75, 3.05) is 13.1 Å². The van der Waals surface area contributed by atoms with Gasteiger partial charge in [-0.1, -0.05) is 23.4 Å². The van der Waals surface area contributed by atoms with Crippen LogP contribution in [0.1, 0.15) is 34.3 Å². The smallest absolute Gasteiger partial charge is 0.274 e. The fourth-order valence-electron chi connectivity index (χ4n) is 2.94. The Morgan fingerprint density at radius 3 is 2.92 bits per heavy atom. The molecule has 1 aliphatic heterocycles. The first-order valence-electron chi connectivity index (χ1n) is 7.91. The number of carbonyl (C=O) groups excluding carboxylic acids is 1. The van der Waals surface area contributed by atoms with Gasteiger partial charge in [0.15, 0.2) is 5.82 Å². The number of benzene rings is 1. The average Bonchev–Trinajstić information content (AvgIpc) is 3.35. The maximum Gasteiger partial charge on any atom is 0.274 e. The Balaban J connectivity index is 1.47. The maximum atomic E-state index is 12.4. The number of hydrogen-bond donors (Lipinski definition) is 1. The summed E-state index contributed by atoms with van der Waals surface area (Å²) in [7, 11) is 0. The normalized spacial score (nSPS) is 17.4. The van der Waals surface area contributed by atoms with Crippen molar-refractivity contribution in [1.29, 1.82) is 0 Å². The van der Waals surface area contributed by atoms with Gasteiger partial charge in [0.25, 0.3) is 11.8 Å². The van der Waals surface area contributed by atoms with E-state index in [0.29, 0.717) is 30.5 Å². The van der Waals surface area contributed by atoms with Gasteiger partial charge < -0.3 is 9.42 Å². The van der Waals surface area contributed by atoms with Gasteiger partial charge in [0.1, 0.15) is 5.69 Å². The molecule has 1 N–H and O–H groups in total. The van der Waals surface area contributed by atoms with Crippen molar-refractivity contribution in [1.82, 2.24) is 25.2 Å². The third kappa shape index (κ3) is 2.68. The predicted octanol–water partition coefficient (Wildman–Crippen LogP) is 2.40. The van der Waals surface area contributed by atoms with Crippen LogP contribution in [0, 0.1) is 6.92 Å². The van der Waals surface area contributed by atoms with Crippen molar-refractivity contribution in [2.45, 2.75) is 19.3 Å². The predicted molar refractivity (Wildman–Crippen MR) is 86.3 cm³/mol. The molecule has 2 aromatic heterocycles. The molecule has 0 spiro atoms. The van der Waals surface area contributed by atoms with E-state index in [1.807, 2.05) is 37.3 Å². The van der Waals surface area contributed by atoms with Crippen LogP contribution in [-0.4, -0.2) is 44.2 Å². The Morgan fingerprint density at radius 1 is 1.33 bits per heavy atom. The molecule has 7 heteroatoms. The van der Waals surface area contributed by atoms with Crippen molar-refractivity contribution >= 4 is 5.91 Å². The van der Waals surface area contributed by atoms with E-state index in [1.54, 1.807) is 11.0 Å². The third-order valence-corrected chi connectivity index (χ3v) is 4.23. The molecule has 4 rings (SSSR count). The van der Waals surface area contributed by atoms with Crippen LogP contribution in [0.5, 0.6) is 0 Å². The molecular formula is C17H17N5O2. The molecular weight excluding hydrogens is 306 g/mol. The molecule has 1 aromatic carbocycles. The number of aromatic nitrogens is 4. The molecule has 24 heavy (non-hydrogen) atoms. The first-order valence-corrected chi connectivity index (χ1v) is 7.91. The summed E-state index contributed by atoms with van der Waals surface area (Å²) in [5.74, 6) is 1.20. The molecule has 0 aliphatic carbocycles. The zero-order chi connectivity index (χ0) is 16.5. The number of aryl methyl sites for hydroxylation is 1. The Hall–Kier alpha value is -2.96. The molecule has 1 amide bonds. The fraction of sp³-hybridized carbons (Fsp3) is 0.294. The summed E-state index contributed by atoms with van der Waals surface area (Å²) in [6.07, 6.45) is 0.822. The standard InChI is InChI=1S/C17H17N5O2/c1-11-9-14(20-19-11)17(23)22-8-7-13(10-22)15-18-16(24-21-15)12-5-3-2-4-6-12/h2-6,9,13H,7-8,10H2,1H3,(H,19,20)/t13-/m1/s1. The number of H-pyrrole nitrogens is 1. The van der Waals surface area contributed by atoms with Gasteiger partial charge in [0.05, 0.1) is 0 Å². The van der Waals surface area contributed by atoms with Gasteiger partial charge in [-0.3, -0.25) is 9.89 Å². The van der Waals surface area contributed by atoms with E-state index in [-0.39, 0.29) is 11.8 Å². The van der Waals surface area contributed by atoms with Crippen LogP contribution in [0.25, 0.3) is 11.5 Å². The summed E-state index contributed by atoms with van der Waals surface area (Å²) in [4.78, 5) is 18.7. The van der Waals surface area contributed by atoms with Crippen molar-refractivity contribution < 1.29 is 9.32 Å². The van der Waals surface area contributed by atoms with E-state index in [0.717, 1.165) is 17.7 Å². The average molecular weight is 323 g/mol. The molecule has 3 heterocycles. The SMILES string of the molecule is Cc1cc(C(=O)N2CC[C@@H](c3noc(-c4ccccc4)n3)C2)n[nH]1. The highest BCUT2D eigenvalue weighted by Gasteiger charge is 2.31. The molecule has 7 nitrogen and oxygen atoms in total. The second-order valence-electron chi connectivity index (χ2n) is 6.00. The van der Waals surface area contributed by atoms with Crippen LogP contribution in [0.15, 0.2) is 40.9 Å². The molecule has 1 atom stereocenters. The largest absolute Gasteiger partial charge is 0.336 e. The van der Waals surface area contributed by atoms with E-state index in [1.165, 1.54) is 0 Å². The third-order valence-electron chi connectivity index (χ3n) is 4.23. The van der Waals surface area contributed by atoms with Crippen molar-refractivity contribution in [3.8, 4) is 11.5 Å². The minimum atomic E-state index is -0.0615. The molecule has 0 saturated carbocycles. The fourth-order valence-corrected chi connectivity index (χ4v) is 2.94. The van der Waals surface area contributed by atoms with Crippen LogP contribution in [0.4, 0.5) is 0 Å². The van der Waals surface area contributed by atoms with Gasteiger partial charge in [-0.15, -0.1) is 0 Å². The minimum Gasteiger partial charge on any atom is -0.336 e. The zero-order valence-corrected chi connectivity index (χ0v) is 13.3. The summed E-state index contributed by atoms with van der Waals surface area (Å²) in [5, 5.41) is 10.9. The van der Waals surface area contributed by atoms with Crippen LogP contribution < -0.4 is 0 Å². The molecule has 3 aromatic rings. The van der Waals surface area contributed by atoms with Crippen molar-refractivity contribution in [3.63, 3.8) is 0 Å². The van der Waals surface area contributed by atoms with E-state index in [9.17, 15) is 4.79 Å². The topological polar surface area (TPSA) is 87.9 Å². The number of hydrogen-bond acceptors (Lipinski definition) is 5. The monoisotopic (exact) mass is 323 g/mol. The first kappa shape index (κ1) is 14.6. The Labute approximate surface area is 138 Å². The van der Waals surface area contributed by atoms with Crippen LogP contribution in [0.2, 0.25) is 0 Å². The van der Waals surface area contributed by atoms with Gasteiger partial charge in [0.2, 0.25) is 0 Å². The molecule has 1 fully saturated rings. The lowest BCUT2D eigenvalue weighted by molar-refractivity contribution is 0.0784. The lowest BCUT2D eigenvalue weighted by Crippen LogP contribution is -2.28. The minimum absolute atomic E-state index is 0.0615. The quantitative estimate of drug-likeness (QED) is 0.799. The number of carbonyl (C=O) groups is 1. The highest BCUT2D eigenvalue weighted by atomic mass is 16.5. The molecule has 1 saturated heterocycles. The zero-order valence-electron chi connectivity index (χ0n) is 13.3. The number of aromatic amines is 1. The highest BCUT2D eigenvalue weighted by molar-refractivity contribution is 5.92. The van der Waals surface area contributed by atoms with Crippen molar-refractivity contribution in [3.05, 3.63) is 53.6 Å². The molecule has 0 radical (unpaired) electrons. The number of likely N-dealkylation sites (tertiary alicyclic amines) is 1. The van der Waals surface area contributed by atoms with Gasteiger partial charge >= 0.3 is 0 Å². The first-order chi connectivity index (χ1) is 11.7. The van der Waals surface area contributed by atoms with Gasteiger partial charge in [-0.05, 0) is 31.5 Å². The molecule has 122 valence electrons. The Morgan fingerprint density at radius 2 is 2.17 bits per heavy atom. The molecule has 0 unspecified atom stereocenters.